The molecule has 0 aliphatic rings. The molecule has 4 rings (SSSR count). The second kappa shape index (κ2) is 10.5. The van der Waals surface area contributed by atoms with Gasteiger partial charge in [0.05, 0.1) is 11.1 Å². The maximum atomic E-state index is 13.1. The average molecular weight is 526 g/mol. The van der Waals surface area contributed by atoms with Crippen LogP contribution in [0, 0.1) is 0 Å². The van der Waals surface area contributed by atoms with Crippen LogP contribution in [0.4, 0.5) is 32.0 Å². The molecule has 0 aliphatic carbocycles. The number of alkyl halides is 6. The molecule has 0 bridgehead atoms. The number of anilines is 1. The van der Waals surface area contributed by atoms with Crippen LogP contribution in [-0.4, -0.2) is 10.9 Å². The third-order valence-corrected chi connectivity index (χ3v) is 5.72. The van der Waals surface area contributed by atoms with Crippen molar-refractivity contribution >= 4 is 27.9 Å². The highest BCUT2D eigenvalue weighted by atomic mass is 19.4. The number of nitrogens with zero attached hydrogens (tertiary/aromatic N) is 1. The summed E-state index contributed by atoms with van der Waals surface area (Å²) in [6, 6.07) is 15.7. The van der Waals surface area contributed by atoms with Crippen LogP contribution in [0.15, 0.2) is 103 Å². The first-order valence-electron chi connectivity index (χ1n) is 11.3. The highest BCUT2D eigenvalue weighted by Crippen LogP contribution is 2.34. The quantitative estimate of drug-likeness (QED) is 0.162. The molecule has 0 saturated carbocycles. The van der Waals surface area contributed by atoms with Gasteiger partial charge in [-0.15, -0.1) is 0 Å². The van der Waals surface area contributed by atoms with Crippen LogP contribution in [0.1, 0.15) is 29.2 Å². The molecule has 1 aromatic heterocycles. The van der Waals surface area contributed by atoms with Crippen LogP contribution >= 0.6 is 0 Å². The zero-order valence-corrected chi connectivity index (χ0v) is 19.9. The van der Waals surface area contributed by atoms with E-state index >= 15 is 0 Å². The fourth-order valence-corrected chi connectivity index (χ4v) is 3.89. The Balaban J connectivity index is 1.69. The fourth-order valence-electron chi connectivity index (χ4n) is 3.89. The highest BCUT2D eigenvalue weighted by Gasteiger charge is 2.31. The molecule has 1 N–H and O–H groups in total. The Kier molecular flexibility index (Phi) is 7.39. The van der Waals surface area contributed by atoms with Gasteiger partial charge in [0.1, 0.15) is 0 Å². The van der Waals surface area contributed by atoms with Crippen molar-refractivity contribution in [2.75, 3.05) is 5.32 Å². The summed E-state index contributed by atoms with van der Waals surface area (Å²) in [6.45, 7) is 1.61. The zero-order valence-electron chi connectivity index (χ0n) is 19.9. The minimum absolute atomic E-state index is 0.340. The number of aromatic nitrogens is 1. The molecule has 0 saturated heterocycles. The van der Waals surface area contributed by atoms with E-state index in [4.69, 9.17) is 0 Å². The fraction of sp³-hybridized carbons (Fsp3) is 0.103. The van der Waals surface area contributed by atoms with Crippen molar-refractivity contribution in [1.29, 1.82) is 0 Å². The first-order valence-corrected chi connectivity index (χ1v) is 11.3. The third kappa shape index (κ3) is 6.29. The van der Waals surface area contributed by atoms with Gasteiger partial charge in [-0.25, -0.2) is 0 Å². The number of hydrogen-bond acceptors (Lipinski definition) is 2. The maximum Gasteiger partial charge on any atom is 0.416 e. The van der Waals surface area contributed by atoms with E-state index in [0.717, 1.165) is 35.0 Å². The van der Waals surface area contributed by atoms with E-state index < -0.39 is 29.4 Å². The molecule has 194 valence electrons. The van der Waals surface area contributed by atoms with E-state index in [1.165, 1.54) is 36.4 Å². The maximum absolute atomic E-state index is 13.1. The molecular formula is C29H20F6N2O. The van der Waals surface area contributed by atoms with Crippen LogP contribution in [-0.2, 0) is 17.1 Å². The summed E-state index contributed by atoms with van der Waals surface area (Å²) >= 11 is 0. The van der Waals surface area contributed by atoms with Crippen molar-refractivity contribution < 1.29 is 31.1 Å². The van der Waals surface area contributed by atoms with E-state index in [1.807, 2.05) is 6.07 Å². The minimum atomic E-state index is -4.54. The Labute approximate surface area is 214 Å². The Bertz CT molecular complexity index is 1450. The van der Waals surface area contributed by atoms with Crippen LogP contribution in [0.2, 0.25) is 0 Å². The molecule has 0 unspecified atom stereocenters. The average Bonchev–Trinajstić information content (AvgIpc) is 2.86. The Hall–Kier alpha value is -4.40. The summed E-state index contributed by atoms with van der Waals surface area (Å²) in [5, 5.41) is 4.41. The van der Waals surface area contributed by atoms with Crippen molar-refractivity contribution in [2.24, 2.45) is 0 Å². The first kappa shape index (κ1) is 26.7. The summed E-state index contributed by atoms with van der Waals surface area (Å²) in [5.74, 6) is -0.456. The number of benzene rings is 3. The van der Waals surface area contributed by atoms with Gasteiger partial charge in [0, 0.05) is 34.9 Å². The molecule has 0 atom stereocenters. The number of allylic oxidation sites excluding steroid dienone is 2. The van der Waals surface area contributed by atoms with Crippen LogP contribution < -0.4 is 5.32 Å². The molecule has 1 amide bonds. The van der Waals surface area contributed by atoms with Gasteiger partial charge < -0.3 is 5.32 Å². The van der Waals surface area contributed by atoms with Gasteiger partial charge >= 0.3 is 12.4 Å². The Morgan fingerprint density at radius 2 is 1.32 bits per heavy atom. The van der Waals surface area contributed by atoms with E-state index in [-0.39, 0.29) is 0 Å². The summed E-state index contributed by atoms with van der Waals surface area (Å²) in [7, 11) is 0. The number of halogens is 6. The first-order chi connectivity index (χ1) is 17.9. The lowest BCUT2D eigenvalue weighted by atomic mass is 9.94. The van der Waals surface area contributed by atoms with E-state index in [2.05, 4.69) is 10.3 Å². The van der Waals surface area contributed by atoms with E-state index in [1.54, 1.807) is 37.5 Å². The van der Waals surface area contributed by atoms with Crippen molar-refractivity contribution in [3.05, 3.63) is 125 Å². The van der Waals surface area contributed by atoms with Crippen molar-refractivity contribution in [3.63, 3.8) is 0 Å². The third-order valence-electron chi connectivity index (χ3n) is 5.72. The standard InChI is InChI=1S/C29H20F6N2O/c1-18(16-27(38)37-26-4-2-3-21-17-36-14-13-24(21)26)15-25(19-5-9-22(10-6-19)28(30,31)32)20-7-11-23(12-8-20)29(33,34)35/h2-17H,1H3,(H,37,38). The van der Waals surface area contributed by atoms with Crippen LogP contribution in [0.3, 0.4) is 0 Å². The van der Waals surface area contributed by atoms with Gasteiger partial charge in [0.15, 0.2) is 0 Å². The number of amides is 1. The summed E-state index contributed by atoms with van der Waals surface area (Å²) < 4.78 is 78.3. The number of hydrogen-bond donors (Lipinski definition) is 1. The van der Waals surface area contributed by atoms with Crippen molar-refractivity contribution in [2.45, 2.75) is 19.3 Å². The summed E-state index contributed by atoms with van der Waals surface area (Å²) in [6.07, 6.45) is -2.98. The van der Waals surface area contributed by atoms with Gasteiger partial charge in [-0.1, -0.05) is 42.5 Å². The molecule has 3 aromatic carbocycles. The van der Waals surface area contributed by atoms with Gasteiger partial charge in [0.25, 0.3) is 0 Å². The monoisotopic (exact) mass is 526 g/mol. The number of fused-ring (bicyclic) bond motifs is 1. The topological polar surface area (TPSA) is 42.0 Å². The smallest absolute Gasteiger partial charge is 0.322 e. The largest absolute Gasteiger partial charge is 0.416 e. The van der Waals surface area contributed by atoms with Gasteiger partial charge in [-0.05, 0) is 65.6 Å². The minimum Gasteiger partial charge on any atom is -0.322 e. The molecule has 1 heterocycles. The normalized spacial score (nSPS) is 12.3. The Morgan fingerprint density at radius 1 is 0.763 bits per heavy atom. The summed E-state index contributed by atoms with van der Waals surface area (Å²) in [5.41, 5.74) is 0.313. The van der Waals surface area contributed by atoms with Crippen molar-refractivity contribution in [1.82, 2.24) is 4.98 Å². The van der Waals surface area contributed by atoms with Crippen LogP contribution in [0.5, 0.6) is 0 Å². The number of pyridine rings is 1. The number of carbonyl (C=O) groups is 1. The van der Waals surface area contributed by atoms with Gasteiger partial charge in [-0.2, -0.15) is 26.3 Å². The molecule has 9 heteroatoms. The highest BCUT2D eigenvalue weighted by molar-refractivity contribution is 6.06. The molecule has 4 aromatic rings. The number of carbonyl (C=O) groups excluding carboxylic acids is 1. The van der Waals surface area contributed by atoms with E-state index in [0.29, 0.717) is 28.0 Å². The van der Waals surface area contributed by atoms with Gasteiger partial charge in [-0.3, -0.25) is 9.78 Å². The lowest BCUT2D eigenvalue weighted by molar-refractivity contribution is -0.138. The molecule has 0 aliphatic heterocycles. The predicted molar refractivity (Wildman–Crippen MR) is 134 cm³/mol. The number of nitrogens with one attached hydrogen (secondary N) is 1. The zero-order chi connectivity index (χ0) is 27.5. The van der Waals surface area contributed by atoms with E-state index in [9.17, 15) is 31.1 Å². The lowest BCUT2D eigenvalue weighted by Gasteiger charge is -2.13. The molecule has 0 spiro atoms. The molecule has 38 heavy (non-hydrogen) atoms. The lowest BCUT2D eigenvalue weighted by Crippen LogP contribution is -2.09. The molecular weight excluding hydrogens is 506 g/mol. The molecule has 0 radical (unpaired) electrons. The van der Waals surface area contributed by atoms with Crippen LogP contribution in [0.25, 0.3) is 16.3 Å². The van der Waals surface area contributed by atoms with Gasteiger partial charge in [0.2, 0.25) is 5.91 Å². The van der Waals surface area contributed by atoms with Crippen molar-refractivity contribution in [3.8, 4) is 0 Å². The predicted octanol–water partition coefficient (Wildman–Crippen LogP) is 8.29. The molecule has 3 nitrogen and oxygen atoms in total. The number of rotatable bonds is 5. The second-order valence-electron chi connectivity index (χ2n) is 8.49. The Morgan fingerprint density at radius 3 is 1.84 bits per heavy atom. The SMILES string of the molecule is CC(=CC(=O)Nc1cccc2cnccc12)C=C(c1ccc(C(F)(F)F)cc1)c1ccc(C(F)(F)F)cc1. The molecule has 0 fully saturated rings. The second-order valence-corrected chi connectivity index (χ2v) is 8.49. The summed E-state index contributed by atoms with van der Waals surface area (Å²) in [4.78, 5) is 16.8.